The molecular weight excluding hydrogens is 414 g/mol. The second-order valence-electron chi connectivity index (χ2n) is 6.78. The van der Waals surface area contributed by atoms with Crippen molar-refractivity contribution < 1.29 is 28.5 Å². The topological polar surface area (TPSA) is 92.1 Å². The molecule has 2 aromatic carbocycles. The van der Waals surface area contributed by atoms with Crippen molar-refractivity contribution in [3.05, 3.63) is 66.0 Å². The first-order chi connectivity index (χ1) is 15.5. The molecule has 1 aromatic heterocycles. The van der Waals surface area contributed by atoms with Crippen LogP contribution in [0.2, 0.25) is 0 Å². The number of nitrogens with zero attached hydrogens (tertiary/aromatic N) is 3. The van der Waals surface area contributed by atoms with E-state index in [0.717, 1.165) is 5.69 Å². The Kier molecular flexibility index (Phi) is 7.33. The third-order valence-electron chi connectivity index (χ3n) is 4.74. The van der Waals surface area contributed by atoms with Gasteiger partial charge in [-0.25, -0.2) is 4.68 Å². The van der Waals surface area contributed by atoms with Crippen LogP contribution in [0.5, 0.6) is 17.2 Å². The normalized spacial score (nSPS) is 10.4. The highest BCUT2D eigenvalue weighted by molar-refractivity contribution is 5.96. The molecule has 3 aromatic rings. The van der Waals surface area contributed by atoms with Crippen LogP contribution in [0, 0.1) is 0 Å². The highest BCUT2D eigenvalue weighted by Crippen LogP contribution is 2.25. The molecule has 1 amide bonds. The van der Waals surface area contributed by atoms with Gasteiger partial charge >= 0.3 is 5.97 Å². The molecular formula is C23H25N3O6. The van der Waals surface area contributed by atoms with Crippen molar-refractivity contribution in [2.75, 3.05) is 35.0 Å². The molecule has 1 heterocycles. The van der Waals surface area contributed by atoms with Crippen molar-refractivity contribution in [2.45, 2.75) is 6.54 Å². The Balaban J connectivity index is 1.96. The molecule has 0 aliphatic heterocycles. The molecule has 32 heavy (non-hydrogen) atoms. The van der Waals surface area contributed by atoms with Crippen LogP contribution in [-0.4, -0.2) is 61.5 Å². The third kappa shape index (κ3) is 5.18. The van der Waals surface area contributed by atoms with Crippen LogP contribution in [0.4, 0.5) is 0 Å². The van der Waals surface area contributed by atoms with Crippen molar-refractivity contribution in [2.24, 2.45) is 0 Å². The Hall–Kier alpha value is -4.01. The molecule has 0 bridgehead atoms. The second-order valence-corrected chi connectivity index (χ2v) is 6.78. The number of esters is 1. The molecule has 0 saturated heterocycles. The van der Waals surface area contributed by atoms with Crippen molar-refractivity contribution >= 4 is 11.9 Å². The van der Waals surface area contributed by atoms with Gasteiger partial charge in [-0.3, -0.25) is 9.59 Å². The number of hydrogen-bond donors (Lipinski definition) is 0. The van der Waals surface area contributed by atoms with Crippen LogP contribution in [-0.2, 0) is 16.1 Å². The third-order valence-corrected chi connectivity index (χ3v) is 4.74. The van der Waals surface area contributed by atoms with Gasteiger partial charge in [0.15, 0.2) is 11.4 Å². The lowest BCUT2D eigenvalue weighted by Crippen LogP contribution is -2.36. The fraction of sp³-hybridized carbons (Fsp3) is 0.261. The van der Waals surface area contributed by atoms with Crippen LogP contribution in [0.3, 0.4) is 0 Å². The monoisotopic (exact) mass is 439 g/mol. The lowest BCUT2D eigenvalue weighted by atomic mass is 10.1. The number of methoxy groups -OCH3 is 4. The highest BCUT2D eigenvalue weighted by atomic mass is 16.5. The van der Waals surface area contributed by atoms with Gasteiger partial charge in [0.25, 0.3) is 5.91 Å². The Bertz CT molecular complexity index is 1060. The molecule has 168 valence electrons. The number of rotatable bonds is 9. The molecule has 9 heteroatoms. The fourth-order valence-corrected chi connectivity index (χ4v) is 3.12. The van der Waals surface area contributed by atoms with Gasteiger partial charge in [0, 0.05) is 12.6 Å². The number of amides is 1. The van der Waals surface area contributed by atoms with E-state index in [-0.39, 0.29) is 24.5 Å². The molecule has 0 spiro atoms. The van der Waals surface area contributed by atoms with Gasteiger partial charge in [0.2, 0.25) is 0 Å². The van der Waals surface area contributed by atoms with E-state index in [4.69, 9.17) is 18.9 Å². The molecule has 0 saturated carbocycles. The van der Waals surface area contributed by atoms with Gasteiger partial charge in [0.05, 0.1) is 40.3 Å². The Labute approximate surface area is 186 Å². The van der Waals surface area contributed by atoms with E-state index < -0.39 is 11.9 Å². The summed E-state index contributed by atoms with van der Waals surface area (Å²) in [4.78, 5) is 26.8. The van der Waals surface area contributed by atoms with E-state index in [1.165, 1.54) is 33.3 Å². The summed E-state index contributed by atoms with van der Waals surface area (Å²) in [5.74, 6) is 0.377. The standard InChI is InChI=1S/C23H25N3O6/c1-29-18-10-16(11-19(12-18)30-2)13-25(15-21(27)32-4)23(28)22-20(31-3)14-26(24-22)17-8-6-5-7-9-17/h5-12,14H,13,15H2,1-4H3. The van der Waals surface area contributed by atoms with Gasteiger partial charge in [-0.1, -0.05) is 18.2 Å². The summed E-state index contributed by atoms with van der Waals surface area (Å²) in [6.45, 7) is -0.168. The summed E-state index contributed by atoms with van der Waals surface area (Å²) in [6, 6.07) is 14.6. The zero-order valence-corrected chi connectivity index (χ0v) is 18.4. The van der Waals surface area contributed by atoms with E-state index in [1.807, 2.05) is 30.3 Å². The maximum absolute atomic E-state index is 13.4. The molecule has 0 unspecified atom stereocenters. The predicted molar refractivity (Wildman–Crippen MR) is 116 cm³/mol. The number of carbonyl (C=O) groups is 2. The zero-order valence-electron chi connectivity index (χ0n) is 18.4. The first kappa shape index (κ1) is 22.7. The van der Waals surface area contributed by atoms with Gasteiger partial charge in [-0.15, -0.1) is 0 Å². The van der Waals surface area contributed by atoms with E-state index >= 15 is 0 Å². The number of para-hydroxylation sites is 1. The number of hydrogen-bond acceptors (Lipinski definition) is 7. The maximum atomic E-state index is 13.4. The Morgan fingerprint density at radius 3 is 2.16 bits per heavy atom. The summed E-state index contributed by atoms with van der Waals surface area (Å²) < 4.78 is 22.3. The van der Waals surface area contributed by atoms with Gasteiger partial charge < -0.3 is 23.8 Å². The van der Waals surface area contributed by atoms with E-state index in [9.17, 15) is 9.59 Å². The van der Waals surface area contributed by atoms with Crippen LogP contribution >= 0.6 is 0 Å². The zero-order chi connectivity index (χ0) is 23.1. The highest BCUT2D eigenvalue weighted by Gasteiger charge is 2.26. The van der Waals surface area contributed by atoms with Crippen molar-refractivity contribution in [1.82, 2.24) is 14.7 Å². The molecule has 0 N–H and O–H groups in total. The lowest BCUT2D eigenvalue weighted by Gasteiger charge is -2.21. The summed E-state index contributed by atoms with van der Waals surface area (Å²) in [5, 5.41) is 4.41. The molecule has 3 rings (SSSR count). The van der Waals surface area contributed by atoms with Crippen molar-refractivity contribution in [3.8, 4) is 22.9 Å². The van der Waals surface area contributed by atoms with Crippen LogP contribution < -0.4 is 14.2 Å². The van der Waals surface area contributed by atoms with Crippen molar-refractivity contribution in [3.63, 3.8) is 0 Å². The summed E-state index contributed by atoms with van der Waals surface area (Å²) in [6.07, 6.45) is 1.62. The van der Waals surface area contributed by atoms with Gasteiger partial charge in [-0.05, 0) is 29.8 Å². The average Bonchev–Trinajstić information content (AvgIpc) is 3.27. The molecule has 0 aliphatic rings. The summed E-state index contributed by atoms with van der Waals surface area (Å²) in [5.41, 5.74) is 1.55. The Morgan fingerprint density at radius 2 is 1.59 bits per heavy atom. The number of benzene rings is 2. The predicted octanol–water partition coefficient (Wildman–Crippen LogP) is 2.71. The molecule has 9 nitrogen and oxygen atoms in total. The van der Waals surface area contributed by atoms with E-state index in [1.54, 1.807) is 29.1 Å². The molecule has 0 fully saturated rings. The summed E-state index contributed by atoms with van der Waals surface area (Å²) >= 11 is 0. The first-order valence-electron chi connectivity index (χ1n) is 9.76. The van der Waals surface area contributed by atoms with Crippen LogP contribution in [0.15, 0.2) is 54.7 Å². The molecule has 0 atom stereocenters. The smallest absolute Gasteiger partial charge is 0.325 e. The largest absolute Gasteiger partial charge is 0.497 e. The van der Waals surface area contributed by atoms with Gasteiger partial charge in [0.1, 0.15) is 18.0 Å². The maximum Gasteiger partial charge on any atom is 0.325 e. The quantitative estimate of drug-likeness (QED) is 0.474. The second kappa shape index (κ2) is 10.3. The van der Waals surface area contributed by atoms with E-state index in [0.29, 0.717) is 17.1 Å². The number of carbonyl (C=O) groups excluding carboxylic acids is 2. The first-order valence-corrected chi connectivity index (χ1v) is 9.76. The lowest BCUT2D eigenvalue weighted by molar-refractivity contribution is -0.141. The van der Waals surface area contributed by atoms with Crippen LogP contribution in [0.25, 0.3) is 5.69 Å². The minimum Gasteiger partial charge on any atom is -0.497 e. The molecule has 0 aliphatic carbocycles. The van der Waals surface area contributed by atoms with Crippen molar-refractivity contribution in [1.29, 1.82) is 0 Å². The SMILES string of the molecule is COC(=O)CN(Cc1cc(OC)cc(OC)c1)C(=O)c1nn(-c2ccccc2)cc1OC. The molecule has 0 radical (unpaired) electrons. The minimum absolute atomic E-state index is 0.0788. The Morgan fingerprint density at radius 1 is 0.938 bits per heavy atom. The number of ether oxygens (including phenoxy) is 4. The summed E-state index contributed by atoms with van der Waals surface area (Å²) in [7, 11) is 5.80. The number of aromatic nitrogens is 2. The van der Waals surface area contributed by atoms with E-state index in [2.05, 4.69) is 5.10 Å². The average molecular weight is 439 g/mol. The van der Waals surface area contributed by atoms with Crippen LogP contribution in [0.1, 0.15) is 16.1 Å². The fourth-order valence-electron chi connectivity index (χ4n) is 3.12. The van der Waals surface area contributed by atoms with Gasteiger partial charge in [-0.2, -0.15) is 5.10 Å². The minimum atomic E-state index is -0.560.